The van der Waals surface area contributed by atoms with Crippen molar-refractivity contribution in [3.63, 3.8) is 0 Å². The molecule has 3 heterocycles. The lowest BCUT2D eigenvalue weighted by atomic mass is 10.0. The first-order chi connectivity index (χ1) is 13.2. The summed E-state index contributed by atoms with van der Waals surface area (Å²) in [6.45, 7) is 3.24. The summed E-state index contributed by atoms with van der Waals surface area (Å²) in [5, 5.41) is 2.68. The van der Waals surface area contributed by atoms with Crippen molar-refractivity contribution in [1.29, 1.82) is 0 Å². The van der Waals surface area contributed by atoms with Crippen molar-refractivity contribution in [3.05, 3.63) is 58.3 Å². The van der Waals surface area contributed by atoms with Crippen LogP contribution < -0.4 is 9.47 Å². The summed E-state index contributed by atoms with van der Waals surface area (Å²) >= 11 is 1.48. The second kappa shape index (κ2) is 7.36. The van der Waals surface area contributed by atoms with Crippen LogP contribution in [0.4, 0.5) is 0 Å². The van der Waals surface area contributed by atoms with Crippen LogP contribution in [-0.4, -0.2) is 41.0 Å². The van der Waals surface area contributed by atoms with Crippen molar-refractivity contribution in [2.45, 2.75) is 13.5 Å². The maximum Gasteiger partial charge on any atom is 0.273 e. The van der Waals surface area contributed by atoms with E-state index in [9.17, 15) is 4.79 Å². The molecule has 1 amide bonds. The zero-order valence-electron chi connectivity index (χ0n) is 15.1. The molecular weight excluding hydrogens is 362 g/mol. The van der Waals surface area contributed by atoms with E-state index >= 15 is 0 Å². The van der Waals surface area contributed by atoms with E-state index in [-0.39, 0.29) is 5.91 Å². The topological polar surface area (TPSA) is 64.6 Å². The standard InChI is InChI=1S/C20H19N3O3S/c1-13-22-17(12-27-13)20(24)23-6-7-26-19-16(11-23)8-15(9-18(19)25-2)14-4-3-5-21-10-14/h3-5,8-10,12H,6-7,11H2,1-2H3. The van der Waals surface area contributed by atoms with Gasteiger partial charge in [-0.05, 0) is 30.7 Å². The Morgan fingerprint density at radius 1 is 1.33 bits per heavy atom. The van der Waals surface area contributed by atoms with E-state index in [4.69, 9.17) is 9.47 Å². The molecule has 6 nitrogen and oxygen atoms in total. The number of methoxy groups -OCH3 is 1. The first-order valence-electron chi connectivity index (χ1n) is 8.61. The number of aryl methyl sites for hydroxylation is 1. The molecule has 4 rings (SSSR count). The van der Waals surface area contributed by atoms with Gasteiger partial charge in [0.05, 0.1) is 18.7 Å². The van der Waals surface area contributed by atoms with Crippen LogP contribution in [0.2, 0.25) is 0 Å². The van der Waals surface area contributed by atoms with Crippen LogP contribution in [-0.2, 0) is 6.54 Å². The van der Waals surface area contributed by atoms with E-state index < -0.39 is 0 Å². The Balaban J connectivity index is 1.71. The molecule has 0 saturated carbocycles. The zero-order valence-corrected chi connectivity index (χ0v) is 16.0. The predicted octanol–water partition coefficient (Wildman–Crippen LogP) is 3.56. The minimum atomic E-state index is -0.0819. The average Bonchev–Trinajstić information content (AvgIpc) is 3.02. The van der Waals surface area contributed by atoms with Gasteiger partial charge in [-0.1, -0.05) is 6.07 Å². The van der Waals surface area contributed by atoms with E-state index in [2.05, 4.69) is 9.97 Å². The van der Waals surface area contributed by atoms with Crippen molar-refractivity contribution >= 4 is 17.2 Å². The largest absolute Gasteiger partial charge is 0.493 e. The number of fused-ring (bicyclic) bond motifs is 1. The van der Waals surface area contributed by atoms with Crippen LogP contribution >= 0.6 is 11.3 Å². The molecular formula is C20H19N3O3S. The number of rotatable bonds is 3. The fraction of sp³-hybridized carbons (Fsp3) is 0.250. The third-order valence-electron chi connectivity index (χ3n) is 4.44. The summed E-state index contributed by atoms with van der Waals surface area (Å²) in [6.07, 6.45) is 3.54. The Hall–Kier alpha value is -2.93. The van der Waals surface area contributed by atoms with Gasteiger partial charge in [-0.3, -0.25) is 9.78 Å². The number of carbonyl (C=O) groups is 1. The molecule has 0 aliphatic carbocycles. The molecule has 3 aromatic rings. The highest BCUT2D eigenvalue weighted by atomic mass is 32.1. The SMILES string of the molecule is COc1cc(-c2cccnc2)cc2c1OCCN(C(=O)c1csc(C)n1)C2. The first kappa shape index (κ1) is 17.5. The van der Waals surface area contributed by atoms with Crippen LogP contribution in [0.3, 0.4) is 0 Å². The third-order valence-corrected chi connectivity index (χ3v) is 5.21. The fourth-order valence-electron chi connectivity index (χ4n) is 3.13. The van der Waals surface area contributed by atoms with Crippen LogP contribution in [0, 0.1) is 6.92 Å². The summed E-state index contributed by atoms with van der Waals surface area (Å²) in [5.74, 6) is 1.27. The molecule has 0 bridgehead atoms. The van der Waals surface area contributed by atoms with Crippen molar-refractivity contribution in [3.8, 4) is 22.6 Å². The highest BCUT2D eigenvalue weighted by Crippen LogP contribution is 2.38. The van der Waals surface area contributed by atoms with Gasteiger partial charge in [0.2, 0.25) is 0 Å². The lowest BCUT2D eigenvalue weighted by Crippen LogP contribution is -2.32. The number of benzene rings is 1. The van der Waals surface area contributed by atoms with Crippen molar-refractivity contribution in [2.75, 3.05) is 20.3 Å². The van der Waals surface area contributed by atoms with Gasteiger partial charge in [-0.2, -0.15) is 0 Å². The minimum absolute atomic E-state index is 0.0819. The van der Waals surface area contributed by atoms with Gasteiger partial charge in [0, 0.05) is 35.4 Å². The van der Waals surface area contributed by atoms with Gasteiger partial charge >= 0.3 is 0 Å². The zero-order chi connectivity index (χ0) is 18.8. The molecule has 0 saturated heterocycles. The Morgan fingerprint density at radius 3 is 2.93 bits per heavy atom. The van der Waals surface area contributed by atoms with Gasteiger partial charge < -0.3 is 14.4 Å². The van der Waals surface area contributed by atoms with Crippen molar-refractivity contribution in [1.82, 2.24) is 14.9 Å². The van der Waals surface area contributed by atoms with E-state index in [1.807, 2.05) is 31.2 Å². The Morgan fingerprint density at radius 2 is 2.22 bits per heavy atom. The number of nitrogens with zero attached hydrogens (tertiary/aromatic N) is 3. The average molecular weight is 381 g/mol. The number of hydrogen-bond acceptors (Lipinski definition) is 6. The summed E-state index contributed by atoms with van der Waals surface area (Å²) in [4.78, 5) is 23.1. The number of hydrogen-bond donors (Lipinski definition) is 0. The molecule has 0 spiro atoms. The molecule has 0 radical (unpaired) electrons. The number of thiazole rings is 1. The maximum absolute atomic E-state index is 12.9. The van der Waals surface area contributed by atoms with Gasteiger partial charge in [0.1, 0.15) is 12.3 Å². The van der Waals surface area contributed by atoms with Crippen LogP contribution in [0.5, 0.6) is 11.5 Å². The van der Waals surface area contributed by atoms with Gasteiger partial charge in [0.25, 0.3) is 5.91 Å². The quantitative estimate of drug-likeness (QED) is 0.694. The molecule has 0 N–H and O–H groups in total. The fourth-order valence-corrected chi connectivity index (χ4v) is 3.72. The lowest BCUT2D eigenvalue weighted by molar-refractivity contribution is 0.0728. The Bertz CT molecular complexity index is 972. The monoisotopic (exact) mass is 381 g/mol. The van der Waals surface area contributed by atoms with E-state index in [0.717, 1.165) is 21.7 Å². The maximum atomic E-state index is 12.9. The summed E-state index contributed by atoms with van der Waals surface area (Å²) in [6, 6.07) is 7.86. The van der Waals surface area contributed by atoms with E-state index in [0.29, 0.717) is 36.9 Å². The second-order valence-corrected chi connectivity index (χ2v) is 7.30. The molecule has 7 heteroatoms. The molecule has 138 valence electrons. The summed E-state index contributed by atoms with van der Waals surface area (Å²) in [7, 11) is 1.62. The molecule has 27 heavy (non-hydrogen) atoms. The van der Waals surface area contributed by atoms with Crippen molar-refractivity contribution in [2.24, 2.45) is 0 Å². The van der Waals surface area contributed by atoms with Crippen LogP contribution in [0.1, 0.15) is 21.1 Å². The molecule has 0 fully saturated rings. The smallest absolute Gasteiger partial charge is 0.273 e. The number of amides is 1. The van der Waals surface area contributed by atoms with E-state index in [1.165, 1.54) is 11.3 Å². The number of pyridine rings is 1. The highest BCUT2D eigenvalue weighted by Gasteiger charge is 2.25. The molecule has 1 aromatic carbocycles. The third kappa shape index (κ3) is 3.50. The van der Waals surface area contributed by atoms with Crippen LogP contribution in [0.15, 0.2) is 42.0 Å². The predicted molar refractivity (Wildman–Crippen MR) is 103 cm³/mol. The van der Waals surface area contributed by atoms with Crippen LogP contribution in [0.25, 0.3) is 11.1 Å². The number of carbonyl (C=O) groups excluding carboxylic acids is 1. The molecule has 1 aliphatic rings. The summed E-state index contributed by atoms with van der Waals surface area (Å²) < 4.78 is 11.5. The second-order valence-electron chi connectivity index (χ2n) is 6.24. The van der Waals surface area contributed by atoms with Gasteiger partial charge in [-0.15, -0.1) is 11.3 Å². The highest BCUT2D eigenvalue weighted by molar-refractivity contribution is 7.09. The van der Waals surface area contributed by atoms with Gasteiger partial charge in [-0.25, -0.2) is 4.98 Å². The molecule has 0 atom stereocenters. The molecule has 2 aromatic heterocycles. The van der Waals surface area contributed by atoms with E-state index in [1.54, 1.807) is 29.8 Å². The molecule has 0 unspecified atom stereocenters. The van der Waals surface area contributed by atoms with Crippen molar-refractivity contribution < 1.29 is 14.3 Å². The Labute approximate surface area is 161 Å². The number of aromatic nitrogens is 2. The van der Waals surface area contributed by atoms with Gasteiger partial charge in [0.15, 0.2) is 11.5 Å². The summed E-state index contributed by atoms with van der Waals surface area (Å²) in [5.41, 5.74) is 3.35. The first-order valence-corrected chi connectivity index (χ1v) is 9.49. The number of ether oxygens (including phenoxy) is 2. The Kier molecular flexibility index (Phi) is 4.77. The normalized spacial score (nSPS) is 13.5. The minimum Gasteiger partial charge on any atom is -0.493 e. The molecule has 1 aliphatic heterocycles. The lowest BCUT2D eigenvalue weighted by Gasteiger charge is -2.19.